The molecule has 0 aliphatic carbocycles. The van der Waals surface area contributed by atoms with Crippen LogP contribution < -0.4 is 5.56 Å². The third kappa shape index (κ3) is 2.44. The van der Waals surface area contributed by atoms with E-state index >= 15 is 0 Å². The van der Waals surface area contributed by atoms with Crippen molar-refractivity contribution in [2.24, 2.45) is 0 Å². The Labute approximate surface area is 161 Å². The van der Waals surface area contributed by atoms with Crippen LogP contribution in [0, 0.1) is 6.92 Å². The van der Waals surface area contributed by atoms with Crippen molar-refractivity contribution in [1.29, 1.82) is 0 Å². The summed E-state index contributed by atoms with van der Waals surface area (Å²) in [6, 6.07) is 5.14. The Morgan fingerprint density at radius 2 is 2.17 bits per heavy atom. The standard InChI is InChI=1S/C18H13N7O4/c1-9-13(17(27)28-2)15-19-8-10-11(25(15)23-9)5-6-24(16(10)26)18-20-14(21-22-18)12-4-3-7-29-12/h3-8H,1-2H3,(H,20,21,22). The van der Waals surface area contributed by atoms with Crippen LogP contribution in [0.1, 0.15) is 16.1 Å². The zero-order valence-electron chi connectivity index (χ0n) is 15.3. The summed E-state index contributed by atoms with van der Waals surface area (Å²) in [6.07, 6.45) is 4.45. The van der Waals surface area contributed by atoms with Crippen molar-refractivity contribution in [3.8, 4) is 17.5 Å². The van der Waals surface area contributed by atoms with Gasteiger partial charge in [0.25, 0.3) is 11.5 Å². The second-order valence-corrected chi connectivity index (χ2v) is 6.20. The van der Waals surface area contributed by atoms with Crippen LogP contribution in [0.2, 0.25) is 0 Å². The van der Waals surface area contributed by atoms with E-state index in [0.717, 1.165) is 0 Å². The van der Waals surface area contributed by atoms with Gasteiger partial charge in [-0.2, -0.15) is 10.1 Å². The van der Waals surface area contributed by atoms with Crippen molar-refractivity contribution in [2.75, 3.05) is 7.11 Å². The molecule has 0 aliphatic heterocycles. The van der Waals surface area contributed by atoms with E-state index in [-0.39, 0.29) is 17.1 Å². The molecule has 0 atom stereocenters. The monoisotopic (exact) mass is 391 g/mol. The number of aryl methyl sites for hydroxylation is 1. The molecule has 0 radical (unpaired) electrons. The molecular weight excluding hydrogens is 378 g/mol. The van der Waals surface area contributed by atoms with Crippen molar-refractivity contribution in [2.45, 2.75) is 6.92 Å². The number of furan rings is 1. The van der Waals surface area contributed by atoms with Gasteiger partial charge < -0.3 is 9.15 Å². The molecular formula is C18H13N7O4. The van der Waals surface area contributed by atoms with Gasteiger partial charge in [0.15, 0.2) is 17.2 Å². The third-order valence-electron chi connectivity index (χ3n) is 4.52. The summed E-state index contributed by atoms with van der Waals surface area (Å²) in [5.41, 5.74) is 1.15. The Hall–Kier alpha value is -4.28. The molecule has 0 fully saturated rings. The number of aromatic nitrogens is 7. The number of ether oxygens (including phenoxy) is 1. The van der Waals surface area contributed by atoms with Crippen molar-refractivity contribution >= 4 is 22.5 Å². The van der Waals surface area contributed by atoms with Crippen LogP contribution in [-0.4, -0.2) is 47.4 Å². The zero-order chi connectivity index (χ0) is 20.1. The first-order valence-corrected chi connectivity index (χ1v) is 8.53. The number of rotatable bonds is 3. The molecule has 5 aromatic rings. The average molecular weight is 391 g/mol. The highest BCUT2D eigenvalue weighted by Gasteiger charge is 2.21. The number of aromatic amines is 1. The van der Waals surface area contributed by atoms with Crippen LogP contribution in [-0.2, 0) is 4.74 Å². The van der Waals surface area contributed by atoms with Gasteiger partial charge in [-0.1, -0.05) is 0 Å². The fourth-order valence-electron chi connectivity index (χ4n) is 3.16. The van der Waals surface area contributed by atoms with E-state index in [1.54, 1.807) is 25.1 Å². The normalized spacial score (nSPS) is 11.4. The Morgan fingerprint density at radius 3 is 2.93 bits per heavy atom. The predicted molar refractivity (Wildman–Crippen MR) is 99.8 cm³/mol. The molecule has 0 saturated heterocycles. The maximum absolute atomic E-state index is 13.0. The SMILES string of the molecule is COC(=O)c1c(C)nn2c1ncc1c(=O)n(-c3n[nH]c(-c4ccco4)n3)ccc12. The number of fused-ring (bicyclic) bond motifs is 3. The minimum atomic E-state index is -0.538. The Morgan fingerprint density at radius 1 is 1.31 bits per heavy atom. The molecule has 0 saturated carbocycles. The van der Waals surface area contributed by atoms with Gasteiger partial charge >= 0.3 is 5.97 Å². The van der Waals surface area contributed by atoms with Gasteiger partial charge in [0.05, 0.1) is 30.0 Å². The topological polar surface area (TPSA) is 133 Å². The first-order chi connectivity index (χ1) is 14.1. The van der Waals surface area contributed by atoms with Crippen molar-refractivity contribution < 1.29 is 13.9 Å². The van der Waals surface area contributed by atoms with Crippen LogP contribution in [0.3, 0.4) is 0 Å². The van der Waals surface area contributed by atoms with Gasteiger partial charge in [-0.05, 0) is 25.1 Å². The van der Waals surface area contributed by atoms with Crippen LogP contribution >= 0.6 is 0 Å². The summed E-state index contributed by atoms with van der Waals surface area (Å²) in [5, 5.41) is 11.5. The first-order valence-electron chi connectivity index (χ1n) is 8.53. The van der Waals surface area contributed by atoms with Gasteiger partial charge in [0, 0.05) is 12.4 Å². The lowest BCUT2D eigenvalue weighted by atomic mass is 10.2. The Kier molecular flexibility index (Phi) is 3.56. The molecule has 0 aliphatic rings. The molecule has 0 amide bonds. The van der Waals surface area contributed by atoms with Gasteiger partial charge in [-0.3, -0.25) is 9.89 Å². The number of nitrogens with zero attached hydrogens (tertiary/aromatic N) is 6. The van der Waals surface area contributed by atoms with Gasteiger partial charge in [0.2, 0.25) is 0 Å². The maximum atomic E-state index is 13.0. The fraction of sp³-hybridized carbons (Fsp3) is 0.111. The lowest BCUT2D eigenvalue weighted by Crippen LogP contribution is -2.20. The Balaban J connectivity index is 1.69. The van der Waals surface area contributed by atoms with Crippen molar-refractivity contribution in [1.82, 2.24) is 34.3 Å². The van der Waals surface area contributed by atoms with E-state index in [1.165, 1.54) is 34.8 Å². The second-order valence-electron chi connectivity index (χ2n) is 6.20. The third-order valence-corrected chi connectivity index (χ3v) is 4.52. The number of carbonyl (C=O) groups excluding carboxylic acids is 1. The quantitative estimate of drug-likeness (QED) is 0.458. The highest BCUT2D eigenvalue weighted by molar-refractivity contribution is 5.98. The Bertz CT molecular complexity index is 1440. The first kappa shape index (κ1) is 16.9. The summed E-state index contributed by atoms with van der Waals surface area (Å²) < 4.78 is 12.8. The van der Waals surface area contributed by atoms with Gasteiger partial charge in [-0.15, -0.1) is 5.10 Å². The minimum absolute atomic E-state index is 0.162. The number of carbonyl (C=O) groups is 1. The average Bonchev–Trinajstić information content (AvgIpc) is 3.46. The molecule has 1 N–H and O–H groups in total. The molecule has 11 nitrogen and oxygen atoms in total. The molecule has 0 aromatic carbocycles. The molecule has 5 heterocycles. The molecule has 0 bridgehead atoms. The molecule has 0 unspecified atom stereocenters. The lowest BCUT2D eigenvalue weighted by Gasteiger charge is -2.04. The summed E-state index contributed by atoms with van der Waals surface area (Å²) >= 11 is 0. The van der Waals surface area contributed by atoms with Crippen LogP contribution in [0.4, 0.5) is 0 Å². The van der Waals surface area contributed by atoms with E-state index in [4.69, 9.17) is 9.15 Å². The number of nitrogens with one attached hydrogen (secondary N) is 1. The molecule has 29 heavy (non-hydrogen) atoms. The van der Waals surface area contributed by atoms with E-state index in [2.05, 4.69) is 25.3 Å². The second kappa shape index (κ2) is 6.12. The zero-order valence-corrected chi connectivity index (χ0v) is 15.3. The fourth-order valence-corrected chi connectivity index (χ4v) is 3.16. The van der Waals surface area contributed by atoms with Crippen LogP contribution in [0.5, 0.6) is 0 Å². The van der Waals surface area contributed by atoms with Gasteiger partial charge in [-0.25, -0.2) is 18.9 Å². The molecule has 5 aromatic heterocycles. The lowest BCUT2D eigenvalue weighted by molar-refractivity contribution is 0.0602. The van der Waals surface area contributed by atoms with Crippen molar-refractivity contribution in [3.05, 3.63) is 58.5 Å². The largest absolute Gasteiger partial charge is 0.465 e. The maximum Gasteiger partial charge on any atom is 0.343 e. The summed E-state index contributed by atoms with van der Waals surface area (Å²) in [5.74, 6) is 0.526. The molecule has 0 spiro atoms. The van der Waals surface area contributed by atoms with Crippen molar-refractivity contribution in [3.63, 3.8) is 0 Å². The highest BCUT2D eigenvalue weighted by Crippen LogP contribution is 2.20. The number of pyridine rings is 1. The summed E-state index contributed by atoms with van der Waals surface area (Å²) in [7, 11) is 1.29. The smallest absolute Gasteiger partial charge is 0.343 e. The number of hydrogen-bond acceptors (Lipinski definition) is 8. The predicted octanol–water partition coefficient (Wildman–Crippen LogP) is 1.51. The number of hydrogen-bond donors (Lipinski definition) is 1. The number of H-pyrrole nitrogens is 1. The summed E-state index contributed by atoms with van der Waals surface area (Å²) in [6.45, 7) is 1.68. The van der Waals surface area contributed by atoms with E-state index in [1.807, 2.05) is 0 Å². The van der Waals surface area contributed by atoms with E-state index in [0.29, 0.717) is 33.8 Å². The van der Waals surface area contributed by atoms with E-state index in [9.17, 15) is 9.59 Å². The minimum Gasteiger partial charge on any atom is -0.465 e. The van der Waals surface area contributed by atoms with Crippen LogP contribution in [0.25, 0.3) is 34.1 Å². The van der Waals surface area contributed by atoms with Crippen LogP contribution in [0.15, 0.2) is 46.1 Å². The van der Waals surface area contributed by atoms with E-state index < -0.39 is 5.97 Å². The highest BCUT2D eigenvalue weighted by atomic mass is 16.5. The molecule has 144 valence electrons. The molecule has 11 heteroatoms. The molecule has 5 rings (SSSR count). The number of esters is 1. The summed E-state index contributed by atoms with van der Waals surface area (Å²) in [4.78, 5) is 33.6. The number of methoxy groups -OCH3 is 1. The van der Waals surface area contributed by atoms with Gasteiger partial charge in [0.1, 0.15) is 5.56 Å².